The Labute approximate surface area is 157 Å². The lowest BCUT2D eigenvalue weighted by Crippen LogP contribution is -2.18. The van der Waals surface area contributed by atoms with Gasteiger partial charge in [0.05, 0.1) is 0 Å². The van der Waals surface area contributed by atoms with Gasteiger partial charge >= 0.3 is 0 Å². The Morgan fingerprint density at radius 3 is 2.44 bits per heavy atom. The highest BCUT2D eigenvalue weighted by Gasteiger charge is 2.16. The van der Waals surface area contributed by atoms with Crippen molar-refractivity contribution >= 4 is 17.5 Å². The molecule has 0 fully saturated rings. The van der Waals surface area contributed by atoms with Crippen LogP contribution < -0.4 is 15.4 Å². The largest absolute Gasteiger partial charge is 0.438 e. The molecule has 0 bridgehead atoms. The first-order valence-electron chi connectivity index (χ1n) is 8.40. The van der Waals surface area contributed by atoms with E-state index < -0.39 is 0 Å². The summed E-state index contributed by atoms with van der Waals surface area (Å²) in [5, 5.41) is 5.42. The van der Waals surface area contributed by atoms with Crippen LogP contribution >= 0.6 is 0 Å². The summed E-state index contributed by atoms with van der Waals surface area (Å²) in [7, 11) is 1.57. The molecule has 27 heavy (non-hydrogen) atoms. The van der Waals surface area contributed by atoms with Crippen LogP contribution in [0.3, 0.4) is 0 Å². The zero-order valence-corrected chi connectivity index (χ0v) is 15.0. The smallest absolute Gasteiger partial charge is 0.261 e. The Morgan fingerprint density at radius 1 is 0.963 bits per heavy atom. The van der Waals surface area contributed by atoms with Gasteiger partial charge in [-0.3, -0.25) is 9.59 Å². The highest BCUT2D eigenvalue weighted by atomic mass is 16.5. The van der Waals surface area contributed by atoms with Gasteiger partial charge in [0.15, 0.2) is 0 Å². The zero-order valence-electron chi connectivity index (χ0n) is 15.0. The van der Waals surface area contributed by atoms with Crippen LogP contribution in [-0.2, 0) is 0 Å². The second-order valence-corrected chi connectivity index (χ2v) is 5.83. The van der Waals surface area contributed by atoms with E-state index in [0.29, 0.717) is 22.6 Å². The van der Waals surface area contributed by atoms with E-state index in [0.717, 1.165) is 5.56 Å². The Balaban J connectivity index is 1.82. The molecule has 6 nitrogen and oxygen atoms in total. The van der Waals surface area contributed by atoms with Gasteiger partial charge in [-0.25, -0.2) is 4.98 Å². The standard InChI is InChI=1S/C21H19N3O3/c1-14-13-15(19(25)22-2)10-11-18(14)24-20(26)17-9-6-12-23-21(17)27-16-7-4-3-5-8-16/h3-13H,1-2H3,(H,22,25)(H,24,26). The first-order valence-corrected chi connectivity index (χ1v) is 8.40. The molecule has 136 valence electrons. The van der Waals surface area contributed by atoms with Crippen LogP contribution in [0.1, 0.15) is 26.3 Å². The molecule has 3 aromatic rings. The number of benzene rings is 2. The molecule has 3 rings (SSSR count). The molecule has 1 heterocycles. The van der Waals surface area contributed by atoms with E-state index in [1.807, 2.05) is 25.1 Å². The van der Waals surface area contributed by atoms with Gasteiger partial charge in [0.25, 0.3) is 11.8 Å². The Kier molecular flexibility index (Phi) is 5.47. The number of nitrogens with zero attached hydrogens (tertiary/aromatic N) is 1. The summed E-state index contributed by atoms with van der Waals surface area (Å²) in [4.78, 5) is 28.6. The zero-order chi connectivity index (χ0) is 19.2. The molecule has 6 heteroatoms. The maximum atomic E-state index is 12.7. The predicted octanol–water partition coefficient (Wildman–Crippen LogP) is 3.79. The number of hydrogen-bond acceptors (Lipinski definition) is 4. The first kappa shape index (κ1) is 18.1. The molecule has 0 unspecified atom stereocenters. The quantitative estimate of drug-likeness (QED) is 0.724. The van der Waals surface area contributed by atoms with Crippen LogP contribution in [0, 0.1) is 6.92 Å². The summed E-state index contributed by atoms with van der Waals surface area (Å²) < 4.78 is 5.74. The third-order valence-corrected chi connectivity index (χ3v) is 3.94. The molecule has 0 saturated carbocycles. The van der Waals surface area contributed by atoms with Crippen LogP contribution in [0.4, 0.5) is 5.69 Å². The third-order valence-electron chi connectivity index (χ3n) is 3.94. The molecule has 0 aliphatic rings. The summed E-state index contributed by atoms with van der Waals surface area (Å²) in [5.74, 6) is 0.295. The molecular weight excluding hydrogens is 342 g/mol. The Hall–Kier alpha value is -3.67. The number of rotatable bonds is 5. The fourth-order valence-corrected chi connectivity index (χ4v) is 2.52. The Morgan fingerprint density at radius 2 is 1.74 bits per heavy atom. The van der Waals surface area contributed by atoms with Gasteiger partial charge < -0.3 is 15.4 Å². The molecule has 0 atom stereocenters. The third kappa shape index (κ3) is 4.30. The topological polar surface area (TPSA) is 80.3 Å². The van der Waals surface area contributed by atoms with Crippen LogP contribution in [0.25, 0.3) is 0 Å². The molecule has 0 aliphatic carbocycles. The number of anilines is 1. The molecule has 0 saturated heterocycles. The van der Waals surface area contributed by atoms with Crippen LogP contribution in [0.15, 0.2) is 66.9 Å². The van der Waals surface area contributed by atoms with Crippen LogP contribution in [0.2, 0.25) is 0 Å². The van der Waals surface area contributed by atoms with E-state index >= 15 is 0 Å². The number of nitrogens with one attached hydrogen (secondary N) is 2. The highest BCUT2D eigenvalue weighted by molar-refractivity contribution is 6.06. The first-order chi connectivity index (χ1) is 13.1. The number of carbonyl (C=O) groups excluding carboxylic acids is 2. The second kappa shape index (κ2) is 8.14. The minimum Gasteiger partial charge on any atom is -0.438 e. The highest BCUT2D eigenvalue weighted by Crippen LogP contribution is 2.24. The maximum absolute atomic E-state index is 12.7. The summed E-state index contributed by atoms with van der Waals surface area (Å²) in [6.45, 7) is 1.83. The molecule has 1 aromatic heterocycles. The van der Waals surface area contributed by atoms with E-state index in [9.17, 15) is 9.59 Å². The molecule has 0 radical (unpaired) electrons. The number of para-hydroxylation sites is 1. The molecule has 0 aliphatic heterocycles. The van der Waals surface area contributed by atoms with Gasteiger partial charge in [-0.2, -0.15) is 0 Å². The van der Waals surface area contributed by atoms with Crippen molar-refractivity contribution in [1.82, 2.24) is 10.3 Å². The van der Waals surface area contributed by atoms with Crippen molar-refractivity contribution in [3.8, 4) is 11.6 Å². The van der Waals surface area contributed by atoms with Crippen LogP contribution in [-0.4, -0.2) is 23.8 Å². The average Bonchev–Trinajstić information content (AvgIpc) is 2.70. The van der Waals surface area contributed by atoms with Crippen molar-refractivity contribution in [3.63, 3.8) is 0 Å². The molecule has 2 N–H and O–H groups in total. The number of aromatic nitrogens is 1. The van der Waals surface area contributed by atoms with Crippen molar-refractivity contribution in [2.45, 2.75) is 6.92 Å². The summed E-state index contributed by atoms with van der Waals surface area (Å²) in [6.07, 6.45) is 1.57. The number of aryl methyl sites for hydroxylation is 1. The summed E-state index contributed by atoms with van der Waals surface area (Å²) in [5.41, 5.74) is 2.24. The minimum absolute atomic E-state index is 0.179. The number of pyridine rings is 1. The second-order valence-electron chi connectivity index (χ2n) is 5.83. The van der Waals surface area contributed by atoms with Gasteiger partial charge in [-0.05, 0) is 55.0 Å². The van der Waals surface area contributed by atoms with E-state index in [-0.39, 0.29) is 17.7 Å². The van der Waals surface area contributed by atoms with Crippen molar-refractivity contribution < 1.29 is 14.3 Å². The van der Waals surface area contributed by atoms with Crippen molar-refractivity contribution in [1.29, 1.82) is 0 Å². The van der Waals surface area contributed by atoms with Gasteiger partial charge in [0.1, 0.15) is 11.3 Å². The number of amides is 2. The fourth-order valence-electron chi connectivity index (χ4n) is 2.52. The van der Waals surface area contributed by atoms with E-state index in [1.54, 1.807) is 55.7 Å². The van der Waals surface area contributed by atoms with E-state index in [4.69, 9.17) is 4.74 Å². The molecule has 0 spiro atoms. The van der Waals surface area contributed by atoms with Gasteiger partial charge in [0, 0.05) is 24.5 Å². The van der Waals surface area contributed by atoms with E-state index in [1.165, 1.54) is 0 Å². The lowest BCUT2D eigenvalue weighted by atomic mass is 10.1. The number of carbonyl (C=O) groups is 2. The average molecular weight is 361 g/mol. The predicted molar refractivity (Wildman–Crippen MR) is 103 cm³/mol. The van der Waals surface area contributed by atoms with Gasteiger partial charge in [-0.15, -0.1) is 0 Å². The van der Waals surface area contributed by atoms with Crippen molar-refractivity contribution in [2.24, 2.45) is 0 Å². The molecule has 2 amide bonds. The van der Waals surface area contributed by atoms with E-state index in [2.05, 4.69) is 15.6 Å². The van der Waals surface area contributed by atoms with Gasteiger partial charge in [0.2, 0.25) is 5.88 Å². The lowest BCUT2D eigenvalue weighted by molar-refractivity contribution is 0.0962. The summed E-state index contributed by atoms with van der Waals surface area (Å²) >= 11 is 0. The number of ether oxygens (including phenoxy) is 1. The minimum atomic E-state index is -0.343. The van der Waals surface area contributed by atoms with Crippen molar-refractivity contribution in [3.05, 3.63) is 83.6 Å². The SMILES string of the molecule is CNC(=O)c1ccc(NC(=O)c2cccnc2Oc2ccccc2)c(C)c1. The normalized spacial score (nSPS) is 10.1. The van der Waals surface area contributed by atoms with Crippen LogP contribution in [0.5, 0.6) is 11.6 Å². The molecule has 2 aromatic carbocycles. The maximum Gasteiger partial charge on any atom is 0.261 e. The summed E-state index contributed by atoms with van der Waals surface area (Å²) in [6, 6.07) is 17.5. The monoisotopic (exact) mass is 361 g/mol. The van der Waals surface area contributed by atoms with Crippen molar-refractivity contribution in [2.75, 3.05) is 12.4 Å². The Bertz CT molecular complexity index is 971. The fraction of sp³-hybridized carbons (Fsp3) is 0.0952. The number of hydrogen-bond donors (Lipinski definition) is 2. The van der Waals surface area contributed by atoms with Gasteiger partial charge in [-0.1, -0.05) is 18.2 Å². The lowest BCUT2D eigenvalue weighted by Gasteiger charge is -2.12. The molecular formula is C21H19N3O3.